The maximum Gasteiger partial charge on any atom is 0.472 e. The van der Waals surface area contributed by atoms with E-state index in [1.807, 2.05) is 0 Å². The van der Waals surface area contributed by atoms with Crippen LogP contribution in [0.25, 0.3) is 22.3 Å². The maximum atomic E-state index is 13.5. The highest BCUT2D eigenvalue weighted by Crippen LogP contribution is 2.53. The molecule has 3 aliphatic rings. The van der Waals surface area contributed by atoms with E-state index in [-0.39, 0.29) is 34.1 Å². The third-order valence-electron chi connectivity index (χ3n) is 7.45. The van der Waals surface area contributed by atoms with Crippen LogP contribution in [0.2, 0.25) is 0 Å². The highest BCUT2D eigenvalue weighted by molar-refractivity contribution is 7.79. The lowest BCUT2D eigenvalue weighted by Crippen LogP contribution is -2.36. The molecule has 7 heterocycles. The minimum atomic E-state index is -5.05. The molecule has 8 N–H and O–H groups in total. The van der Waals surface area contributed by atoms with Crippen molar-refractivity contribution in [1.29, 1.82) is 0 Å². The van der Waals surface area contributed by atoms with Crippen LogP contribution in [0.1, 0.15) is 12.5 Å². The number of aromatic nitrogens is 8. The number of H-pyrrole nitrogens is 1. The lowest BCUT2D eigenvalue weighted by atomic mass is 10.1. The number of aromatic amines is 1. The van der Waals surface area contributed by atoms with Crippen molar-refractivity contribution in [1.82, 2.24) is 39.0 Å². The van der Waals surface area contributed by atoms with Crippen molar-refractivity contribution in [2.75, 3.05) is 24.7 Å². The molecule has 25 heteroatoms. The molecule has 3 saturated heterocycles. The van der Waals surface area contributed by atoms with Crippen molar-refractivity contribution < 1.29 is 51.8 Å². The summed E-state index contributed by atoms with van der Waals surface area (Å²) in [6.45, 7) is -1.29. The fourth-order valence-electron chi connectivity index (χ4n) is 5.40. The fourth-order valence-corrected chi connectivity index (χ4v) is 7.52. The Labute approximate surface area is 251 Å². The van der Waals surface area contributed by atoms with Gasteiger partial charge in [-0.3, -0.25) is 32.5 Å². The number of nitrogens with two attached hydrogens (primary N) is 2. The molecule has 0 aliphatic carbocycles. The SMILES string of the molecule is BP1(=O)OC[C@H]2O[C@@H](n3cnc4c(=O)[nH]c(N)nc43)[C@@H](OP(=O)(O)OC[C@H]3O[C@@H](n4cnc5c(N)ncnc54)[C@@H](O)C3O1)C2O. The average molecular weight is 670 g/mol. The van der Waals surface area contributed by atoms with Gasteiger partial charge in [-0.2, -0.15) is 4.98 Å². The second-order valence-electron chi connectivity index (χ2n) is 10.4. The zero-order valence-electron chi connectivity index (χ0n) is 23.0. The Morgan fingerprint density at radius 1 is 0.889 bits per heavy atom. The highest BCUT2D eigenvalue weighted by Gasteiger charge is 2.53. The topological polar surface area (TPSA) is 309 Å². The van der Waals surface area contributed by atoms with E-state index in [0.29, 0.717) is 0 Å². The molecule has 0 radical (unpaired) electrons. The zero-order chi connectivity index (χ0) is 31.8. The average Bonchev–Trinajstić information content (AvgIpc) is 3.72. The van der Waals surface area contributed by atoms with E-state index in [4.69, 9.17) is 39.0 Å². The number of phosphoric ester groups is 1. The molecule has 0 saturated carbocycles. The Morgan fingerprint density at radius 3 is 2.36 bits per heavy atom. The predicted molar refractivity (Wildman–Crippen MR) is 150 cm³/mol. The van der Waals surface area contributed by atoms with E-state index in [1.54, 1.807) is 0 Å². The summed E-state index contributed by atoms with van der Waals surface area (Å²) in [5, 5.41) is 22.3. The Bertz CT molecular complexity index is 1940. The number of phosphoric acid groups is 1. The molecule has 45 heavy (non-hydrogen) atoms. The summed E-state index contributed by atoms with van der Waals surface area (Å²) in [6.07, 6.45) is -7.94. The number of nitrogen functional groups attached to an aromatic ring is 2. The van der Waals surface area contributed by atoms with Crippen molar-refractivity contribution in [2.24, 2.45) is 0 Å². The first-order chi connectivity index (χ1) is 21.3. The van der Waals surface area contributed by atoms with Gasteiger partial charge >= 0.3 is 7.82 Å². The van der Waals surface area contributed by atoms with Crippen molar-refractivity contribution in [2.45, 2.75) is 49.1 Å². The first-order valence-electron chi connectivity index (χ1n) is 13.2. The number of aliphatic hydroxyl groups excluding tert-OH is 2. The maximum absolute atomic E-state index is 13.5. The standard InChI is InChI=1S/C20H25BN10O12P2/c21-44(35)38-1-6-10(32)13(19(40-6)31-5-27-9-16(31)28-20(23)29-17(9)34)43-45(36,37)39-2-7-12(42-44)11(33)18(41-7)30-4-26-8-14(22)24-3-25-15(8)30/h3-7,10-13,18-19,32-33H,1-2,21H2,(H,36,37)(H2,22,24,25)(H3,23,28,29,34)/t6-,7-,10?,11+,12?,13+,18-,19-,44?/m1/s1. The Kier molecular flexibility index (Phi) is 7.34. The van der Waals surface area contributed by atoms with Crippen LogP contribution in [0.5, 0.6) is 0 Å². The Balaban J connectivity index is 1.21. The van der Waals surface area contributed by atoms with Gasteiger partial charge in [0.2, 0.25) is 5.95 Å². The molecule has 240 valence electrons. The van der Waals surface area contributed by atoms with Crippen LogP contribution in [-0.4, -0.2) is 112 Å². The van der Waals surface area contributed by atoms with Crippen LogP contribution in [0.3, 0.4) is 0 Å². The van der Waals surface area contributed by atoms with E-state index in [0.717, 1.165) is 13.9 Å². The first kappa shape index (κ1) is 30.3. The van der Waals surface area contributed by atoms with Crippen LogP contribution < -0.4 is 17.0 Å². The molecule has 7 rings (SSSR count). The second-order valence-corrected chi connectivity index (χ2v) is 13.9. The summed E-state index contributed by atoms with van der Waals surface area (Å²) < 4.78 is 62.9. The molecular formula is C20H25BN10O12P2. The first-order valence-corrected chi connectivity index (χ1v) is 16.7. The smallest absolute Gasteiger partial charge is 0.387 e. The molecule has 22 nitrogen and oxygen atoms in total. The van der Waals surface area contributed by atoms with E-state index in [9.17, 15) is 29.0 Å². The number of aliphatic hydroxyl groups is 2. The quantitative estimate of drug-likeness (QED) is 0.0933. The second kappa shape index (κ2) is 10.9. The van der Waals surface area contributed by atoms with E-state index < -0.39 is 83.1 Å². The molecule has 2 bridgehead atoms. The fraction of sp³-hybridized carbons (Fsp3) is 0.500. The number of hydrogen-bond donors (Lipinski definition) is 6. The zero-order valence-corrected chi connectivity index (χ0v) is 24.7. The third-order valence-corrected chi connectivity index (χ3v) is 9.68. The predicted octanol–water partition coefficient (Wildman–Crippen LogP) is -2.70. The van der Waals surface area contributed by atoms with E-state index in [1.165, 1.54) is 21.8 Å². The monoisotopic (exact) mass is 670 g/mol. The molecule has 0 amide bonds. The number of anilines is 2. The van der Waals surface area contributed by atoms with Crippen LogP contribution >= 0.6 is 15.3 Å². The van der Waals surface area contributed by atoms with Crippen molar-refractivity contribution in [3.63, 3.8) is 0 Å². The summed E-state index contributed by atoms with van der Waals surface area (Å²) in [4.78, 5) is 45.5. The van der Waals surface area contributed by atoms with Gasteiger partial charge in [-0.25, -0.2) is 24.5 Å². The van der Waals surface area contributed by atoms with Gasteiger partial charge in [-0.1, -0.05) is 0 Å². The van der Waals surface area contributed by atoms with Crippen molar-refractivity contribution in [3.05, 3.63) is 29.3 Å². The molecule has 0 spiro atoms. The van der Waals surface area contributed by atoms with Gasteiger partial charge in [-0.15, -0.1) is 0 Å². The van der Waals surface area contributed by atoms with E-state index in [2.05, 4.69) is 29.9 Å². The molecule has 0 aromatic carbocycles. The van der Waals surface area contributed by atoms with Gasteiger partial charge in [-0.05, 0) is 0 Å². The molecule has 10 atom stereocenters. The summed E-state index contributed by atoms with van der Waals surface area (Å²) in [6, 6.07) is 0. The lowest BCUT2D eigenvalue weighted by Gasteiger charge is -2.26. The van der Waals surface area contributed by atoms with Gasteiger partial charge in [0.05, 0.1) is 25.9 Å². The third kappa shape index (κ3) is 5.34. The minimum Gasteiger partial charge on any atom is -0.387 e. The number of rotatable bonds is 2. The van der Waals surface area contributed by atoms with Crippen LogP contribution in [0.4, 0.5) is 11.8 Å². The number of nitrogens with one attached hydrogen (secondary N) is 1. The largest absolute Gasteiger partial charge is 0.472 e. The highest BCUT2D eigenvalue weighted by atomic mass is 31.2. The lowest BCUT2D eigenvalue weighted by molar-refractivity contribution is -0.0637. The normalized spacial score (nSPS) is 37.7. The van der Waals surface area contributed by atoms with E-state index >= 15 is 0 Å². The molecule has 3 fully saturated rings. The van der Waals surface area contributed by atoms with Gasteiger partial charge in [0.25, 0.3) is 20.6 Å². The van der Waals surface area contributed by atoms with Crippen LogP contribution in [-0.2, 0) is 36.7 Å². The number of fused-ring (bicyclic) bond motifs is 5. The Hall–Kier alpha value is -3.34. The summed E-state index contributed by atoms with van der Waals surface area (Å²) in [5.74, 6) is -0.177. The Morgan fingerprint density at radius 2 is 1.58 bits per heavy atom. The van der Waals surface area contributed by atoms with Gasteiger partial charge in [0.15, 0.2) is 35.1 Å². The number of nitrogens with zero attached hydrogens (tertiary/aromatic N) is 7. The summed E-state index contributed by atoms with van der Waals surface area (Å²) in [5.41, 5.74) is 11.1. The van der Waals surface area contributed by atoms with Crippen molar-refractivity contribution in [3.8, 4) is 0 Å². The molecule has 4 aromatic heterocycles. The van der Waals surface area contributed by atoms with Gasteiger partial charge < -0.3 is 45.1 Å². The van der Waals surface area contributed by atoms with Crippen LogP contribution in [0.15, 0.2) is 23.8 Å². The molecule has 4 aromatic rings. The van der Waals surface area contributed by atoms with Gasteiger partial charge in [0.1, 0.15) is 48.5 Å². The minimum absolute atomic E-state index is 0.0743. The van der Waals surface area contributed by atoms with Crippen LogP contribution in [0, 0.1) is 0 Å². The van der Waals surface area contributed by atoms with Gasteiger partial charge in [0, 0.05) is 0 Å². The molecule has 4 unspecified atom stereocenters. The number of ether oxygens (including phenoxy) is 2. The summed E-state index contributed by atoms with van der Waals surface area (Å²) >= 11 is 0. The molecule has 3 aliphatic heterocycles. The van der Waals surface area contributed by atoms with Crippen molar-refractivity contribution >= 4 is 57.0 Å². The number of imidazole rings is 2. The summed E-state index contributed by atoms with van der Waals surface area (Å²) in [7, 11) is -7.99. The molecular weight excluding hydrogens is 645 g/mol. The number of hydrogen-bond acceptors (Lipinski definition) is 18.